The van der Waals surface area contributed by atoms with Crippen LogP contribution in [0.4, 0.5) is 10.8 Å². The Morgan fingerprint density at radius 1 is 1.35 bits per heavy atom. The molecule has 0 bridgehead atoms. The normalized spacial score (nSPS) is 11.4. The highest BCUT2D eigenvalue weighted by Gasteiger charge is 2.21. The van der Waals surface area contributed by atoms with E-state index in [4.69, 9.17) is 5.73 Å². The van der Waals surface area contributed by atoms with Crippen LogP contribution in [0.3, 0.4) is 0 Å². The summed E-state index contributed by atoms with van der Waals surface area (Å²) in [5.74, 6) is 0. The fraction of sp³-hybridized carbons (Fsp3) is 0.111. The van der Waals surface area contributed by atoms with Gasteiger partial charge in [-0.2, -0.15) is 0 Å². The van der Waals surface area contributed by atoms with Gasteiger partial charge in [-0.15, -0.1) is 0 Å². The van der Waals surface area contributed by atoms with E-state index in [1.165, 1.54) is 12.4 Å². The fourth-order valence-corrected chi connectivity index (χ4v) is 3.63. The zero-order valence-corrected chi connectivity index (χ0v) is 10.5. The maximum atomic E-state index is 12.0. The molecule has 0 atom stereocenters. The van der Waals surface area contributed by atoms with Crippen LogP contribution in [-0.4, -0.2) is 18.4 Å². The summed E-state index contributed by atoms with van der Waals surface area (Å²) in [5, 5.41) is 0.234. The average Bonchev–Trinajstić information content (AvgIpc) is 2.59. The van der Waals surface area contributed by atoms with Crippen LogP contribution < -0.4 is 10.5 Å². The van der Waals surface area contributed by atoms with Crippen LogP contribution in [0, 0.1) is 6.92 Å². The second-order valence-electron chi connectivity index (χ2n) is 3.27. The van der Waals surface area contributed by atoms with Gasteiger partial charge in [0.1, 0.15) is 0 Å². The molecule has 0 aliphatic heterocycles. The van der Waals surface area contributed by atoms with Gasteiger partial charge >= 0.3 is 0 Å². The molecule has 0 radical (unpaired) electrons. The van der Waals surface area contributed by atoms with E-state index in [9.17, 15) is 8.42 Å². The van der Waals surface area contributed by atoms with Gasteiger partial charge in [0.05, 0.1) is 11.4 Å². The lowest BCUT2D eigenvalue weighted by atomic mass is 10.4. The lowest BCUT2D eigenvalue weighted by Gasteiger charge is -2.05. The molecule has 17 heavy (non-hydrogen) atoms. The van der Waals surface area contributed by atoms with E-state index >= 15 is 0 Å². The van der Waals surface area contributed by atoms with Crippen LogP contribution in [0.1, 0.15) is 5.69 Å². The summed E-state index contributed by atoms with van der Waals surface area (Å²) in [6, 6.07) is 3.13. The molecule has 2 aromatic heterocycles. The summed E-state index contributed by atoms with van der Waals surface area (Å²) < 4.78 is 26.6. The first kappa shape index (κ1) is 11.8. The molecule has 0 amide bonds. The molecule has 0 aliphatic rings. The van der Waals surface area contributed by atoms with Gasteiger partial charge in [0.25, 0.3) is 10.0 Å². The molecule has 0 fully saturated rings. The Kier molecular flexibility index (Phi) is 2.99. The molecule has 0 saturated heterocycles. The van der Waals surface area contributed by atoms with E-state index in [0.717, 1.165) is 11.3 Å². The fourth-order valence-electron chi connectivity index (χ4n) is 1.27. The zero-order chi connectivity index (χ0) is 12.5. The molecule has 2 heterocycles. The Morgan fingerprint density at radius 2 is 2.00 bits per heavy atom. The minimum absolute atomic E-state index is 0.131. The largest absolute Gasteiger partial charge is 0.375 e. The third-order valence-corrected chi connectivity index (χ3v) is 4.92. The van der Waals surface area contributed by atoms with Gasteiger partial charge in [0.15, 0.2) is 9.34 Å². The Hall–Kier alpha value is -1.67. The molecule has 90 valence electrons. The van der Waals surface area contributed by atoms with Crippen LogP contribution >= 0.6 is 11.3 Å². The highest BCUT2D eigenvalue weighted by atomic mass is 32.2. The first-order valence-corrected chi connectivity index (χ1v) is 6.95. The molecule has 6 nitrogen and oxygen atoms in total. The van der Waals surface area contributed by atoms with Crippen molar-refractivity contribution in [3.63, 3.8) is 0 Å². The maximum absolute atomic E-state index is 12.0. The van der Waals surface area contributed by atoms with Gasteiger partial charge in [0.2, 0.25) is 0 Å². The van der Waals surface area contributed by atoms with Crippen molar-refractivity contribution in [3.8, 4) is 0 Å². The molecular weight excluding hydrogens is 260 g/mol. The van der Waals surface area contributed by atoms with E-state index in [0.29, 0.717) is 11.4 Å². The summed E-state index contributed by atoms with van der Waals surface area (Å²) in [6.45, 7) is 1.61. The van der Waals surface area contributed by atoms with Gasteiger partial charge in [0, 0.05) is 12.4 Å². The lowest BCUT2D eigenvalue weighted by molar-refractivity contribution is 0.602. The predicted octanol–water partition coefficient (Wildman–Crippen LogP) is 1.23. The molecular formula is C9H10N4O2S2. The highest BCUT2D eigenvalue weighted by molar-refractivity contribution is 7.94. The van der Waals surface area contributed by atoms with Gasteiger partial charge in [-0.3, -0.25) is 9.71 Å². The summed E-state index contributed by atoms with van der Waals surface area (Å²) in [4.78, 5) is 7.69. The monoisotopic (exact) mass is 270 g/mol. The molecule has 2 rings (SSSR count). The van der Waals surface area contributed by atoms with Crippen molar-refractivity contribution < 1.29 is 8.42 Å². The molecule has 0 aliphatic carbocycles. The molecule has 0 unspecified atom stereocenters. The van der Waals surface area contributed by atoms with Gasteiger partial charge < -0.3 is 5.73 Å². The molecule has 0 spiro atoms. The quantitative estimate of drug-likeness (QED) is 0.874. The minimum Gasteiger partial charge on any atom is -0.375 e. The lowest BCUT2D eigenvalue weighted by Crippen LogP contribution is -2.12. The molecule has 0 saturated carbocycles. The Bertz CT molecular complexity index is 622. The van der Waals surface area contributed by atoms with Crippen LogP contribution in [-0.2, 0) is 10.0 Å². The van der Waals surface area contributed by atoms with E-state index in [1.54, 1.807) is 19.1 Å². The minimum atomic E-state index is -3.62. The van der Waals surface area contributed by atoms with Gasteiger partial charge in [-0.25, -0.2) is 13.4 Å². The van der Waals surface area contributed by atoms with E-state index in [2.05, 4.69) is 14.7 Å². The number of hydrogen-bond acceptors (Lipinski definition) is 6. The SMILES string of the molecule is Cc1nc(N)sc1S(=O)(=O)Nc1ccncc1. The number of aryl methyl sites for hydroxylation is 1. The number of aromatic nitrogens is 2. The van der Waals surface area contributed by atoms with Crippen LogP contribution in [0.15, 0.2) is 28.7 Å². The predicted molar refractivity (Wildman–Crippen MR) is 66.3 cm³/mol. The number of sulfonamides is 1. The summed E-state index contributed by atoms with van der Waals surface area (Å²) in [6.07, 6.45) is 3.01. The van der Waals surface area contributed by atoms with E-state index in [1.807, 2.05) is 0 Å². The topological polar surface area (TPSA) is 98.0 Å². The molecule has 0 aromatic carbocycles. The smallest absolute Gasteiger partial charge is 0.273 e. The van der Waals surface area contributed by atoms with Crippen LogP contribution in [0.25, 0.3) is 0 Å². The zero-order valence-electron chi connectivity index (χ0n) is 8.91. The Morgan fingerprint density at radius 3 is 2.53 bits per heavy atom. The number of nitrogens with one attached hydrogen (secondary N) is 1. The number of anilines is 2. The maximum Gasteiger partial charge on any atom is 0.273 e. The van der Waals surface area contributed by atoms with Crippen molar-refractivity contribution in [3.05, 3.63) is 30.2 Å². The summed E-state index contributed by atoms with van der Waals surface area (Å²) in [7, 11) is -3.62. The Labute approximate surface area is 103 Å². The van der Waals surface area contributed by atoms with Crippen molar-refractivity contribution in [1.82, 2.24) is 9.97 Å². The number of thiazole rings is 1. The van der Waals surface area contributed by atoms with Crippen molar-refractivity contribution >= 4 is 32.2 Å². The van der Waals surface area contributed by atoms with Crippen molar-refractivity contribution in [1.29, 1.82) is 0 Å². The second-order valence-corrected chi connectivity index (χ2v) is 6.17. The third kappa shape index (κ3) is 2.53. The highest BCUT2D eigenvalue weighted by Crippen LogP contribution is 2.26. The number of nitrogens with two attached hydrogens (primary N) is 1. The molecule has 2 aromatic rings. The van der Waals surface area contributed by atoms with Crippen molar-refractivity contribution in [2.75, 3.05) is 10.5 Å². The van der Waals surface area contributed by atoms with Gasteiger partial charge in [-0.1, -0.05) is 11.3 Å². The first-order chi connectivity index (χ1) is 7.99. The van der Waals surface area contributed by atoms with E-state index < -0.39 is 10.0 Å². The third-order valence-electron chi connectivity index (χ3n) is 1.95. The number of hydrogen-bond donors (Lipinski definition) is 2. The van der Waals surface area contributed by atoms with Crippen molar-refractivity contribution in [2.45, 2.75) is 11.1 Å². The van der Waals surface area contributed by atoms with Crippen LogP contribution in [0.2, 0.25) is 0 Å². The van der Waals surface area contributed by atoms with E-state index in [-0.39, 0.29) is 9.34 Å². The average molecular weight is 270 g/mol. The Balaban J connectivity index is 2.35. The van der Waals surface area contributed by atoms with Crippen molar-refractivity contribution in [2.24, 2.45) is 0 Å². The number of nitrogens with zero attached hydrogens (tertiary/aromatic N) is 2. The molecule has 3 N–H and O–H groups in total. The molecule has 8 heteroatoms. The van der Waals surface area contributed by atoms with Gasteiger partial charge in [-0.05, 0) is 19.1 Å². The number of rotatable bonds is 3. The standard InChI is InChI=1S/C9H10N4O2S2/c1-6-8(16-9(10)12-6)17(14,15)13-7-2-4-11-5-3-7/h2-5H,1H3,(H2,10,12)(H,11,13). The second kappa shape index (κ2) is 4.30. The number of pyridine rings is 1. The van der Waals surface area contributed by atoms with Crippen LogP contribution in [0.5, 0.6) is 0 Å². The first-order valence-electron chi connectivity index (χ1n) is 4.65. The summed E-state index contributed by atoms with van der Waals surface area (Å²) in [5.41, 5.74) is 6.32. The summed E-state index contributed by atoms with van der Waals surface area (Å²) >= 11 is 0.941. The number of nitrogen functional groups attached to an aromatic ring is 1.